The van der Waals surface area contributed by atoms with Gasteiger partial charge in [0.1, 0.15) is 18.8 Å². The fraction of sp³-hybridized carbons (Fsp3) is 0.300. The van der Waals surface area contributed by atoms with Crippen molar-refractivity contribution in [1.29, 1.82) is 0 Å². The van der Waals surface area contributed by atoms with Crippen LogP contribution in [-0.2, 0) is 4.79 Å². The Balaban J connectivity index is 1.22. The van der Waals surface area contributed by atoms with Gasteiger partial charge in [-0.05, 0) is 18.2 Å². The first kappa shape index (κ1) is 17.5. The maximum absolute atomic E-state index is 12.9. The van der Waals surface area contributed by atoms with Gasteiger partial charge in [-0.1, -0.05) is 12.1 Å². The molecule has 1 unspecified atom stereocenters. The number of rotatable bonds is 3. The predicted molar refractivity (Wildman–Crippen MR) is 104 cm³/mol. The normalized spacial score (nSPS) is 18.6. The lowest BCUT2D eigenvalue weighted by Gasteiger charge is -2.37. The topological polar surface area (TPSA) is 85.6 Å². The second kappa shape index (κ2) is 7.42. The number of carbonyl (C=O) groups excluding carboxylic acids is 1. The largest absolute Gasteiger partial charge is 0.485 e. The second-order valence-electron chi connectivity index (χ2n) is 6.86. The summed E-state index contributed by atoms with van der Waals surface area (Å²) < 4.78 is 13.2. The second-order valence-corrected chi connectivity index (χ2v) is 6.86. The number of ether oxygens (including phenoxy) is 2. The standard InChI is InChI=1S/C20H20N6O3/c27-20(17-13-28-15-4-1-2-5-16(15)29-17)25-10-8-24(9-11-25)18-12-19(22-14-21-18)26-7-3-6-23-26/h1-7,12,14,17H,8-11,13H2. The number of fused-ring (bicyclic) bond motifs is 1. The van der Waals surface area contributed by atoms with Crippen molar-refractivity contribution < 1.29 is 14.3 Å². The molecule has 0 bridgehead atoms. The van der Waals surface area contributed by atoms with E-state index < -0.39 is 6.10 Å². The van der Waals surface area contributed by atoms with Crippen LogP contribution in [0.4, 0.5) is 5.82 Å². The van der Waals surface area contributed by atoms with Crippen LogP contribution in [0.25, 0.3) is 5.82 Å². The lowest BCUT2D eigenvalue weighted by atomic mass is 10.2. The van der Waals surface area contributed by atoms with Gasteiger partial charge in [0.25, 0.3) is 5.91 Å². The van der Waals surface area contributed by atoms with Gasteiger partial charge in [0.05, 0.1) is 0 Å². The molecule has 2 aliphatic heterocycles. The van der Waals surface area contributed by atoms with E-state index in [4.69, 9.17) is 9.47 Å². The van der Waals surface area contributed by atoms with Gasteiger partial charge in [0.15, 0.2) is 17.3 Å². The Morgan fingerprint density at radius 2 is 1.79 bits per heavy atom. The molecule has 1 fully saturated rings. The van der Waals surface area contributed by atoms with E-state index in [1.165, 1.54) is 6.33 Å². The highest BCUT2D eigenvalue weighted by Crippen LogP contribution is 2.31. The number of para-hydroxylation sites is 2. The molecule has 1 atom stereocenters. The fourth-order valence-electron chi connectivity index (χ4n) is 3.54. The maximum Gasteiger partial charge on any atom is 0.267 e. The first-order chi connectivity index (χ1) is 14.3. The van der Waals surface area contributed by atoms with E-state index in [1.807, 2.05) is 47.5 Å². The van der Waals surface area contributed by atoms with Crippen molar-refractivity contribution in [2.24, 2.45) is 0 Å². The van der Waals surface area contributed by atoms with Crippen LogP contribution in [0, 0.1) is 0 Å². The Labute approximate surface area is 167 Å². The van der Waals surface area contributed by atoms with E-state index >= 15 is 0 Å². The van der Waals surface area contributed by atoms with E-state index in [1.54, 1.807) is 10.9 Å². The summed E-state index contributed by atoms with van der Waals surface area (Å²) in [4.78, 5) is 25.5. The molecule has 0 saturated carbocycles. The van der Waals surface area contributed by atoms with Crippen LogP contribution in [0.3, 0.4) is 0 Å². The van der Waals surface area contributed by atoms with E-state index in [9.17, 15) is 4.79 Å². The lowest BCUT2D eigenvalue weighted by molar-refractivity contribution is -0.141. The van der Waals surface area contributed by atoms with Crippen molar-refractivity contribution in [1.82, 2.24) is 24.6 Å². The molecule has 1 amide bonds. The van der Waals surface area contributed by atoms with Crippen molar-refractivity contribution in [3.05, 3.63) is 55.1 Å². The molecule has 29 heavy (non-hydrogen) atoms. The molecule has 1 aromatic carbocycles. The summed E-state index contributed by atoms with van der Waals surface area (Å²) in [6.07, 6.45) is 4.48. The number of hydrogen-bond donors (Lipinski definition) is 0. The van der Waals surface area contributed by atoms with E-state index in [0.29, 0.717) is 43.5 Å². The highest BCUT2D eigenvalue weighted by Gasteiger charge is 2.32. The summed E-state index contributed by atoms with van der Waals surface area (Å²) in [5.74, 6) is 2.79. The zero-order chi connectivity index (χ0) is 19.6. The van der Waals surface area contributed by atoms with Crippen molar-refractivity contribution in [3.63, 3.8) is 0 Å². The van der Waals surface area contributed by atoms with Crippen LogP contribution >= 0.6 is 0 Å². The molecule has 9 heteroatoms. The van der Waals surface area contributed by atoms with Gasteiger partial charge in [-0.25, -0.2) is 14.6 Å². The molecule has 2 aliphatic rings. The average molecular weight is 392 g/mol. The molecule has 3 aromatic rings. The molecule has 0 radical (unpaired) electrons. The predicted octanol–water partition coefficient (Wildman–Crippen LogP) is 1.15. The SMILES string of the molecule is O=C(C1COc2ccccc2O1)N1CCN(c2cc(-n3cccn3)ncn2)CC1. The molecule has 9 nitrogen and oxygen atoms in total. The minimum atomic E-state index is -0.609. The number of carbonyl (C=O) groups is 1. The smallest absolute Gasteiger partial charge is 0.267 e. The van der Waals surface area contributed by atoms with Crippen LogP contribution in [0.1, 0.15) is 0 Å². The number of aromatic nitrogens is 4. The highest BCUT2D eigenvalue weighted by atomic mass is 16.6. The van der Waals surface area contributed by atoms with Gasteiger partial charge < -0.3 is 19.3 Å². The average Bonchev–Trinajstić information content (AvgIpc) is 3.34. The quantitative estimate of drug-likeness (QED) is 0.661. The Morgan fingerprint density at radius 3 is 2.59 bits per heavy atom. The molecule has 5 rings (SSSR count). The molecule has 0 aliphatic carbocycles. The van der Waals surface area contributed by atoms with E-state index in [2.05, 4.69) is 20.0 Å². The number of nitrogens with zero attached hydrogens (tertiary/aromatic N) is 6. The summed E-state index contributed by atoms with van der Waals surface area (Å²) >= 11 is 0. The van der Waals surface area contributed by atoms with Crippen LogP contribution in [0.15, 0.2) is 55.1 Å². The van der Waals surface area contributed by atoms with Crippen LogP contribution in [-0.4, -0.2) is 69.4 Å². The molecular formula is C20H20N6O3. The van der Waals surface area contributed by atoms with Crippen molar-refractivity contribution >= 4 is 11.7 Å². The van der Waals surface area contributed by atoms with Crippen LogP contribution in [0.2, 0.25) is 0 Å². The molecule has 2 aromatic heterocycles. The Kier molecular flexibility index (Phi) is 4.47. The van der Waals surface area contributed by atoms with E-state index in [-0.39, 0.29) is 12.5 Å². The van der Waals surface area contributed by atoms with Gasteiger partial charge in [-0.3, -0.25) is 4.79 Å². The zero-order valence-electron chi connectivity index (χ0n) is 15.7. The highest BCUT2D eigenvalue weighted by molar-refractivity contribution is 5.82. The monoisotopic (exact) mass is 392 g/mol. The third-order valence-corrected chi connectivity index (χ3v) is 5.08. The number of anilines is 1. The van der Waals surface area contributed by atoms with Gasteiger partial charge in [-0.2, -0.15) is 5.10 Å². The Morgan fingerprint density at radius 1 is 1.00 bits per heavy atom. The van der Waals surface area contributed by atoms with E-state index in [0.717, 1.165) is 5.82 Å². The Hall–Kier alpha value is -3.62. The van der Waals surface area contributed by atoms with Crippen LogP contribution < -0.4 is 14.4 Å². The van der Waals surface area contributed by atoms with Crippen molar-refractivity contribution in [3.8, 4) is 17.3 Å². The molecule has 4 heterocycles. The molecule has 0 spiro atoms. The minimum Gasteiger partial charge on any atom is -0.485 e. The zero-order valence-corrected chi connectivity index (χ0v) is 15.7. The molecule has 1 saturated heterocycles. The molecular weight excluding hydrogens is 372 g/mol. The van der Waals surface area contributed by atoms with Gasteiger partial charge in [0, 0.05) is 44.6 Å². The first-order valence-corrected chi connectivity index (χ1v) is 9.52. The number of benzene rings is 1. The third-order valence-electron chi connectivity index (χ3n) is 5.08. The van der Waals surface area contributed by atoms with Crippen molar-refractivity contribution in [2.45, 2.75) is 6.10 Å². The summed E-state index contributed by atoms with van der Waals surface area (Å²) in [5, 5.41) is 4.21. The summed E-state index contributed by atoms with van der Waals surface area (Å²) in [6, 6.07) is 11.2. The molecule has 148 valence electrons. The maximum atomic E-state index is 12.9. The molecule has 0 N–H and O–H groups in total. The van der Waals surface area contributed by atoms with Crippen LogP contribution in [0.5, 0.6) is 11.5 Å². The summed E-state index contributed by atoms with van der Waals surface area (Å²) in [7, 11) is 0. The first-order valence-electron chi connectivity index (χ1n) is 9.52. The lowest BCUT2D eigenvalue weighted by Crippen LogP contribution is -2.54. The minimum absolute atomic E-state index is 0.0425. The third kappa shape index (κ3) is 3.46. The number of hydrogen-bond acceptors (Lipinski definition) is 7. The van der Waals surface area contributed by atoms with Gasteiger partial charge >= 0.3 is 0 Å². The summed E-state index contributed by atoms with van der Waals surface area (Å²) in [6.45, 7) is 2.80. The number of amides is 1. The fourth-order valence-corrected chi connectivity index (χ4v) is 3.54. The van der Waals surface area contributed by atoms with Crippen molar-refractivity contribution in [2.75, 3.05) is 37.7 Å². The summed E-state index contributed by atoms with van der Waals surface area (Å²) in [5.41, 5.74) is 0. The Bertz CT molecular complexity index is 1000. The van der Waals surface area contributed by atoms with Gasteiger partial charge in [0.2, 0.25) is 6.10 Å². The number of piperazine rings is 1. The van der Waals surface area contributed by atoms with Gasteiger partial charge in [-0.15, -0.1) is 0 Å².